The lowest BCUT2D eigenvalue weighted by Gasteiger charge is -2.00. The molecule has 0 aromatic carbocycles. The van der Waals surface area contributed by atoms with Crippen molar-refractivity contribution in [2.45, 2.75) is 20.0 Å². The number of ether oxygens (including phenoxy) is 1. The van der Waals surface area contributed by atoms with Crippen LogP contribution in [0.4, 0.5) is 0 Å². The van der Waals surface area contributed by atoms with Crippen molar-refractivity contribution in [3.8, 4) is 0 Å². The molecule has 1 heterocycles. The summed E-state index contributed by atoms with van der Waals surface area (Å²) in [4.78, 5) is 10.5. The third-order valence-corrected chi connectivity index (χ3v) is 1.02. The van der Waals surface area contributed by atoms with Crippen molar-refractivity contribution in [3.63, 3.8) is 0 Å². The molecule has 0 aromatic rings. The van der Waals surface area contributed by atoms with Gasteiger partial charge in [-0.3, -0.25) is 4.79 Å². The van der Waals surface area contributed by atoms with Gasteiger partial charge in [-0.15, -0.1) is 0 Å². The largest absolute Gasteiger partial charge is 0.486 e. The van der Waals surface area contributed by atoms with E-state index in [1.165, 1.54) is 0 Å². The van der Waals surface area contributed by atoms with Crippen LogP contribution in [0.3, 0.4) is 0 Å². The quantitative estimate of drug-likeness (QED) is 0.459. The van der Waals surface area contributed by atoms with Gasteiger partial charge in [0.25, 0.3) is 0 Å². The molecule has 0 amide bonds. The number of hydrogen-bond donors (Lipinski definition) is 0. The molecule has 0 fully saturated rings. The van der Waals surface area contributed by atoms with E-state index in [0.717, 1.165) is 0 Å². The fourth-order valence-corrected chi connectivity index (χ4v) is 0.623. The number of rotatable bonds is 0. The lowest BCUT2D eigenvalue weighted by Crippen LogP contribution is -2.09. The van der Waals surface area contributed by atoms with Crippen molar-refractivity contribution in [2.24, 2.45) is 0 Å². The third-order valence-electron chi connectivity index (χ3n) is 1.02. The molecule has 0 aliphatic carbocycles. The van der Waals surface area contributed by atoms with Crippen LogP contribution in [-0.4, -0.2) is 11.9 Å². The molecule has 2 heteroatoms. The van der Waals surface area contributed by atoms with Crippen LogP contribution in [0.1, 0.15) is 13.8 Å². The van der Waals surface area contributed by atoms with E-state index in [1.807, 2.05) is 0 Å². The Morgan fingerprint density at radius 3 is 2.50 bits per heavy atom. The van der Waals surface area contributed by atoms with E-state index in [1.54, 1.807) is 13.8 Å². The average molecular weight is 111 g/mol. The van der Waals surface area contributed by atoms with Gasteiger partial charge >= 0.3 is 0 Å². The Labute approximate surface area is 48.1 Å². The van der Waals surface area contributed by atoms with Crippen LogP contribution >= 0.6 is 0 Å². The van der Waals surface area contributed by atoms with Gasteiger partial charge in [-0.1, -0.05) is 0 Å². The summed E-state index contributed by atoms with van der Waals surface area (Å²) in [6.07, 6.45) is 2.23. The predicted molar refractivity (Wildman–Crippen MR) is 28.0 cm³/mol. The summed E-state index contributed by atoms with van der Waals surface area (Å²) in [5.41, 5.74) is 0. The molecule has 8 heavy (non-hydrogen) atoms. The summed E-state index contributed by atoms with van der Waals surface area (Å²) < 4.78 is 4.93. The molecule has 2 nitrogen and oxygen atoms in total. The Bertz CT molecular complexity index is 147. The highest BCUT2D eigenvalue weighted by molar-refractivity contribution is 5.91. The van der Waals surface area contributed by atoms with Gasteiger partial charge < -0.3 is 4.74 Å². The minimum Gasteiger partial charge on any atom is -0.486 e. The van der Waals surface area contributed by atoms with E-state index in [4.69, 9.17) is 4.74 Å². The van der Waals surface area contributed by atoms with Gasteiger partial charge in [0.1, 0.15) is 5.76 Å². The molecule has 0 bridgehead atoms. The lowest BCUT2D eigenvalue weighted by molar-refractivity contribution is -0.120. The maximum Gasteiger partial charge on any atom is 0.207 e. The first-order chi connectivity index (χ1) is 3.70. The predicted octanol–water partition coefficient (Wildman–Crippen LogP) is 0.681. The van der Waals surface area contributed by atoms with Gasteiger partial charge in [-0.2, -0.15) is 0 Å². The monoisotopic (exact) mass is 111 g/mol. The lowest BCUT2D eigenvalue weighted by atomic mass is 10.3. The van der Waals surface area contributed by atoms with Crippen LogP contribution < -0.4 is 0 Å². The van der Waals surface area contributed by atoms with Gasteiger partial charge in [-0.25, -0.2) is 0 Å². The second kappa shape index (κ2) is 1.62. The minimum absolute atomic E-state index is 0.0532. The van der Waals surface area contributed by atoms with E-state index < -0.39 is 0 Å². The molecular formula is C6H7O2. The number of Topliss-reactive ketones (excluding diaryl/α,β-unsaturated/α-hetero) is 1. The Balaban J connectivity index is 2.70. The Morgan fingerprint density at radius 1 is 1.75 bits per heavy atom. The smallest absolute Gasteiger partial charge is 0.207 e. The second-order valence-electron chi connectivity index (χ2n) is 1.81. The highest BCUT2D eigenvalue weighted by Gasteiger charge is 2.19. The molecule has 1 unspecified atom stereocenters. The normalized spacial score (nSPS) is 27.5. The number of allylic oxidation sites excluding steroid dienone is 1. The molecule has 0 N–H and O–H groups in total. The molecule has 1 radical (unpaired) electrons. The molecule has 0 aromatic heterocycles. The molecule has 0 saturated carbocycles. The molecule has 43 valence electrons. The maximum absolute atomic E-state index is 10.5. The number of carbonyl (C=O) groups excluding carboxylic acids is 1. The highest BCUT2D eigenvalue weighted by atomic mass is 16.5. The summed E-state index contributed by atoms with van der Waals surface area (Å²) in [7, 11) is 0. The maximum atomic E-state index is 10.5. The standard InChI is InChI=1S/C6H7O2/c1-4-3-6(7)5(2)8-4/h5H,1-2H3. The van der Waals surface area contributed by atoms with Gasteiger partial charge in [0.15, 0.2) is 6.10 Å². The first-order valence-corrected chi connectivity index (χ1v) is 2.51. The third kappa shape index (κ3) is 0.735. The zero-order valence-corrected chi connectivity index (χ0v) is 4.89. The van der Waals surface area contributed by atoms with Crippen molar-refractivity contribution in [1.29, 1.82) is 0 Å². The van der Waals surface area contributed by atoms with E-state index in [0.29, 0.717) is 5.76 Å². The van der Waals surface area contributed by atoms with E-state index in [-0.39, 0.29) is 11.9 Å². The van der Waals surface area contributed by atoms with Crippen LogP contribution in [0.15, 0.2) is 5.76 Å². The van der Waals surface area contributed by atoms with Crippen LogP contribution in [0.25, 0.3) is 0 Å². The Kier molecular flexibility index (Phi) is 1.08. The zero-order valence-electron chi connectivity index (χ0n) is 4.89. The van der Waals surface area contributed by atoms with Crippen molar-refractivity contribution in [1.82, 2.24) is 0 Å². The average Bonchev–Trinajstić information content (AvgIpc) is 1.85. The van der Waals surface area contributed by atoms with Gasteiger partial charge in [0.2, 0.25) is 5.78 Å². The summed E-state index contributed by atoms with van der Waals surface area (Å²) in [6, 6.07) is 0. The van der Waals surface area contributed by atoms with Gasteiger partial charge in [0, 0.05) is 0 Å². The summed E-state index contributed by atoms with van der Waals surface area (Å²) in [5, 5.41) is 0. The zero-order chi connectivity index (χ0) is 6.15. The Morgan fingerprint density at radius 2 is 2.38 bits per heavy atom. The minimum atomic E-state index is -0.296. The molecule has 0 spiro atoms. The van der Waals surface area contributed by atoms with Crippen molar-refractivity contribution in [2.75, 3.05) is 0 Å². The second-order valence-corrected chi connectivity index (χ2v) is 1.81. The summed E-state index contributed by atoms with van der Waals surface area (Å²) in [6.45, 7) is 3.44. The van der Waals surface area contributed by atoms with Crippen LogP contribution in [0.5, 0.6) is 0 Å². The number of hydrogen-bond acceptors (Lipinski definition) is 2. The fourth-order valence-electron chi connectivity index (χ4n) is 0.623. The van der Waals surface area contributed by atoms with Crippen LogP contribution in [-0.2, 0) is 9.53 Å². The Hall–Kier alpha value is -0.790. The van der Waals surface area contributed by atoms with Gasteiger partial charge in [-0.05, 0) is 13.8 Å². The summed E-state index contributed by atoms with van der Waals surface area (Å²) >= 11 is 0. The molecule has 0 saturated heterocycles. The van der Waals surface area contributed by atoms with E-state index in [9.17, 15) is 4.79 Å². The molecule has 1 aliphatic rings. The summed E-state index contributed by atoms with van der Waals surface area (Å²) in [5.74, 6) is 0.546. The number of ketones is 1. The van der Waals surface area contributed by atoms with Crippen LogP contribution in [0, 0.1) is 6.08 Å². The molecular weight excluding hydrogens is 104 g/mol. The highest BCUT2D eigenvalue weighted by Crippen LogP contribution is 2.10. The van der Waals surface area contributed by atoms with Crippen molar-refractivity contribution in [3.05, 3.63) is 11.8 Å². The molecule has 1 rings (SSSR count). The SMILES string of the molecule is CC1=[C]C(=O)C(C)O1. The topological polar surface area (TPSA) is 26.3 Å². The van der Waals surface area contributed by atoms with Crippen molar-refractivity contribution < 1.29 is 9.53 Å². The van der Waals surface area contributed by atoms with E-state index >= 15 is 0 Å². The fraction of sp³-hybridized carbons (Fsp3) is 0.500. The number of carbonyl (C=O) groups is 1. The van der Waals surface area contributed by atoms with Crippen molar-refractivity contribution >= 4 is 5.78 Å². The molecule has 1 aliphatic heterocycles. The van der Waals surface area contributed by atoms with Crippen LogP contribution in [0.2, 0.25) is 0 Å². The van der Waals surface area contributed by atoms with Gasteiger partial charge in [0.05, 0.1) is 6.08 Å². The molecule has 1 atom stereocenters. The first kappa shape index (κ1) is 5.35. The van der Waals surface area contributed by atoms with E-state index in [2.05, 4.69) is 6.08 Å². The first-order valence-electron chi connectivity index (χ1n) is 2.51.